The zero-order valence-electron chi connectivity index (χ0n) is 10.6. The van der Waals surface area contributed by atoms with Gasteiger partial charge in [0.05, 0.1) is 10.7 Å². The van der Waals surface area contributed by atoms with E-state index in [0.29, 0.717) is 6.54 Å². The van der Waals surface area contributed by atoms with Gasteiger partial charge in [0.15, 0.2) is 0 Å². The first-order valence-corrected chi connectivity index (χ1v) is 6.94. The first kappa shape index (κ1) is 12.6. The van der Waals surface area contributed by atoms with Crippen LogP contribution in [0.25, 0.3) is 10.2 Å². The number of thiazole rings is 1. The molecule has 1 aromatic heterocycles. The minimum absolute atomic E-state index is 0.182. The van der Waals surface area contributed by atoms with Crippen LogP contribution in [0.2, 0.25) is 0 Å². The number of benzene rings is 2. The molecule has 0 bridgehead atoms. The molecule has 1 heterocycles. The van der Waals surface area contributed by atoms with E-state index in [1.807, 2.05) is 28.8 Å². The number of carbonyl (C=O) groups excluding carboxylic acids is 1. The van der Waals surface area contributed by atoms with Crippen molar-refractivity contribution >= 4 is 32.7 Å². The number of nitrogens with two attached hydrogens (primary N) is 1. The highest BCUT2D eigenvalue weighted by Gasteiger charge is 2.14. The molecular formula is C15H12N2O2S. The average Bonchev–Trinajstić information content (AvgIpc) is 2.76. The van der Waals surface area contributed by atoms with Crippen molar-refractivity contribution in [3.63, 3.8) is 0 Å². The predicted molar refractivity (Wildman–Crippen MR) is 76.3 cm³/mol. The van der Waals surface area contributed by atoms with E-state index in [1.54, 1.807) is 35.6 Å². The summed E-state index contributed by atoms with van der Waals surface area (Å²) >= 11 is 1.54. The standard InChI is InChI=1S/C15H12N2O2S/c16-15-17(12-3-1-2-4-13(12)20-15)9-10-5-7-11(8-6-10)14(18)19/h1-8,16H,9H2,(H,18,19). The topological polar surface area (TPSA) is 70.0 Å². The molecule has 0 saturated carbocycles. The fraction of sp³-hybridized carbons (Fsp3) is 0.0667. The molecule has 20 heavy (non-hydrogen) atoms. The van der Waals surface area contributed by atoms with E-state index in [4.69, 9.17) is 5.73 Å². The third kappa shape index (κ3) is 2.23. The number of carbonyl (C=O) groups is 1. The second-order valence-corrected chi connectivity index (χ2v) is 5.54. The Labute approximate surface area is 119 Å². The number of nitrogen functional groups attached to an aromatic ring is 1. The number of aromatic nitrogens is 1. The highest BCUT2D eigenvalue weighted by Crippen LogP contribution is 2.22. The summed E-state index contributed by atoms with van der Waals surface area (Å²) in [5.41, 5.74) is 8.32. The highest BCUT2D eigenvalue weighted by molar-refractivity contribution is 7.21. The molecule has 0 aliphatic carbocycles. The molecule has 0 fully saturated rings. The van der Waals surface area contributed by atoms with Crippen LogP contribution in [-0.2, 0) is 6.54 Å². The smallest absolute Gasteiger partial charge is 0.333 e. The van der Waals surface area contributed by atoms with E-state index in [0.717, 1.165) is 20.9 Å². The van der Waals surface area contributed by atoms with Crippen LogP contribution in [-0.4, -0.2) is 5.97 Å². The molecule has 5 heteroatoms. The second kappa shape index (κ2) is 4.94. The minimum Gasteiger partial charge on any atom is -0.545 e. The quantitative estimate of drug-likeness (QED) is 0.734. The van der Waals surface area contributed by atoms with Crippen LogP contribution in [0.15, 0.2) is 48.5 Å². The SMILES string of the molecule is Nc1sc2ccccc2[n+]1Cc1ccc(C(=O)[O-])cc1. The number of fused-ring (bicyclic) bond motifs is 1. The van der Waals surface area contributed by atoms with E-state index < -0.39 is 5.97 Å². The van der Waals surface area contributed by atoms with Crippen molar-refractivity contribution in [2.45, 2.75) is 6.54 Å². The summed E-state index contributed by atoms with van der Waals surface area (Å²) in [4.78, 5) is 10.7. The maximum Gasteiger partial charge on any atom is 0.333 e. The molecule has 0 spiro atoms. The Balaban J connectivity index is 1.96. The lowest BCUT2D eigenvalue weighted by atomic mass is 10.1. The Morgan fingerprint density at radius 3 is 2.55 bits per heavy atom. The van der Waals surface area contributed by atoms with Crippen LogP contribution in [0.4, 0.5) is 5.13 Å². The molecular weight excluding hydrogens is 272 g/mol. The number of hydrogen-bond donors (Lipinski definition) is 1. The Kier molecular flexibility index (Phi) is 3.12. The molecule has 2 N–H and O–H groups in total. The summed E-state index contributed by atoms with van der Waals surface area (Å²) in [5.74, 6) is -1.16. The van der Waals surface area contributed by atoms with Gasteiger partial charge in [-0.1, -0.05) is 36.4 Å². The van der Waals surface area contributed by atoms with Crippen LogP contribution in [0.3, 0.4) is 0 Å². The van der Waals surface area contributed by atoms with Crippen LogP contribution in [0.5, 0.6) is 0 Å². The van der Waals surface area contributed by atoms with Gasteiger partial charge in [-0.3, -0.25) is 5.73 Å². The van der Waals surface area contributed by atoms with Crippen LogP contribution < -0.4 is 15.4 Å². The Bertz CT molecular complexity index is 778. The largest absolute Gasteiger partial charge is 0.545 e. The number of carboxylic acids is 1. The summed E-state index contributed by atoms with van der Waals surface area (Å²) in [6.45, 7) is 0.614. The molecule has 0 unspecified atom stereocenters. The molecule has 4 nitrogen and oxygen atoms in total. The molecule has 0 aliphatic rings. The van der Waals surface area contributed by atoms with Crippen molar-refractivity contribution in [3.8, 4) is 0 Å². The van der Waals surface area contributed by atoms with Gasteiger partial charge < -0.3 is 9.90 Å². The number of para-hydroxylation sites is 1. The zero-order chi connectivity index (χ0) is 14.1. The molecule has 3 aromatic rings. The van der Waals surface area contributed by atoms with Gasteiger partial charge in [-0.2, -0.15) is 0 Å². The average molecular weight is 284 g/mol. The molecule has 0 saturated heterocycles. The Morgan fingerprint density at radius 2 is 1.85 bits per heavy atom. The lowest BCUT2D eigenvalue weighted by Crippen LogP contribution is -2.35. The van der Waals surface area contributed by atoms with Crippen molar-refractivity contribution in [1.29, 1.82) is 0 Å². The van der Waals surface area contributed by atoms with Crippen molar-refractivity contribution in [2.75, 3.05) is 5.73 Å². The van der Waals surface area contributed by atoms with Gasteiger partial charge in [-0.25, -0.2) is 4.57 Å². The molecule has 0 atom stereocenters. The number of anilines is 1. The third-order valence-corrected chi connectivity index (χ3v) is 4.16. The minimum atomic E-state index is -1.16. The number of rotatable bonds is 3. The van der Waals surface area contributed by atoms with Crippen LogP contribution in [0, 0.1) is 0 Å². The van der Waals surface area contributed by atoms with E-state index in [1.165, 1.54) is 0 Å². The fourth-order valence-corrected chi connectivity index (χ4v) is 3.07. The molecule has 0 amide bonds. The van der Waals surface area contributed by atoms with E-state index >= 15 is 0 Å². The summed E-state index contributed by atoms with van der Waals surface area (Å²) in [6.07, 6.45) is 0. The second-order valence-electron chi connectivity index (χ2n) is 4.48. The van der Waals surface area contributed by atoms with Gasteiger partial charge in [0, 0.05) is 0 Å². The molecule has 0 aliphatic heterocycles. The number of nitrogens with zero attached hydrogens (tertiary/aromatic N) is 1. The van der Waals surface area contributed by atoms with Gasteiger partial charge in [0.25, 0.3) is 0 Å². The molecule has 3 rings (SSSR count). The maximum absolute atomic E-state index is 10.7. The predicted octanol–water partition coefficient (Wildman–Crippen LogP) is 1.18. The maximum atomic E-state index is 10.7. The molecule has 2 aromatic carbocycles. The van der Waals surface area contributed by atoms with Gasteiger partial charge >= 0.3 is 5.13 Å². The van der Waals surface area contributed by atoms with E-state index in [9.17, 15) is 9.90 Å². The van der Waals surface area contributed by atoms with Crippen molar-refractivity contribution in [1.82, 2.24) is 0 Å². The number of aromatic carboxylic acids is 1. The summed E-state index contributed by atoms with van der Waals surface area (Å²) < 4.78 is 3.16. The zero-order valence-corrected chi connectivity index (χ0v) is 11.4. The summed E-state index contributed by atoms with van der Waals surface area (Å²) in [7, 11) is 0. The van der Waals surface area contributed by atoms with Gasteiger partial charge in [-0.15, -0.1) is 0 Å². The number of carboxylic acid groups (broad SMARTS) is 1. The Morgan fingerprint density at radius 1 is 1.15 bits per heavy atom. The monoisotopic (exact) mass is 284 g/mol. The van der Waals surface area contributed by atoms with Crippen molar-refractivity contribution in [3.05, 3.63) is 59.7 Å². The lowest BCUT2D eigenvalue weighted by Gasteiger charge is -2.04. The fourth-order valence-electron chi connectivity index (χ4n) is 2.14. The highest BCUT2D eigenvalue weighted by atomic mass is 32.1. The first-order valence-electron chi connectivity index (χ1n) is 6.12. The van der Waals surface area contributed by atoms with Gasteiger partial charge in [0.2, 0.25) is 0 Å². The van der Waals surface area contributed by atoms with Crippen molar-refractivity contribution < 1.29 is 14.5 Å². The van der Waals surface area contributed by atoms with E-state index in [-0.39, 0.29) is 5.56 Å². The number of hydrogen-bond acceptors (Lipinski definition) is 4. The lowest BCUT2D eigenvalue weighted by molar-refractivity contribution is -0.644. The van der Waals surface area contributed by atoms with E-state index in [2.05, 4.69) is 0 Å². The summed E-state index contributed by atoms with van der Waals surface area (Å²) in [6, 6.07) is 14.7. The Hall–Kier alpha value is -2.40. The summed E-state index contributed by atoms with van der Waals surface area (Å²) in [5, 5.41) is 11.5. The van der Waals surface area contributed by atoms with Crippen molar-refractivity contribution in [2.24, 2.45) is 0 Å². The van der Waals surface area contributed by atoms with Crippen LogP contribution >= 0.6 is 11.3 Å². The third-order valence-electron chi connectivity index (χ3n) is 3.17. The van der Waals surface area contributed by atoms with Gasteiger partial charge in [0.1, 0.15) is 12.1 Å². The van der Waals surface area contributed by atoms with Gasteiger partial charge in [-0.05, 0) is 34.6 Å². The molecule has 100 valence electrons. The molecule has 0 radical (unpaired) electrons. The normalized spacial score (nSPS) is 10.8. The van der Waals surface area contributed by atoms with Crippen LogP contribution in [0.1, 0.15) is 15.9 Å². The first-order chi connectivity index (χ1) is 9.65.